The Balaban J connectivity index is 1.60. The van der Waals surface area contributed by atoms with Crippen LogP contribution in [0.1, 0.15) is 43.5 Å². The summed E-state index contributed by atoms with van der Waals surface area (Å²) in [5.41, 5.74) is 1.17. The van der Waals surface area contributed by atoms with Crippen LogP contribution in [0.4, 0.5) is 5.13 Å². The monoisotopic (exact) mass is 544 g/mol. The number of aromatic nitrogens is 1. The van der Waals surface area contributed by atoms with E-state index in [1.807, 2.05) is 39.2 Å². The number of carbonyl (C=O) groups excluding carboxylic acids is 1. The highest BCUT2D eigenvalue weighted by molar-refractivity contribution is 7.89. The second kappa shape index (κ2) is 11.9. The molecule has 0 N–H and O–H groups in total. The molecule has 1 aliphatic heterocycles. The van der Waals surface area contributed by atoms with E-state index in [9.17, 15) is 13.2 Å². The standard InChI is InChI=1S/C27H36N4O4S2/c1-5-35-23-8-6-9-24-25(23)28-27(36-24)31(17-7-16-29(3)4)26(32)21-10-12-22(13-11-21)37(33,34)30-18-14-20(2)15-19-30/h6,8-13,20H,5,7,14-19H2,1-4H3. The molecule has 200 valence electrons. The van der Waals surface area contributed by atoms with Gasteiger partial charge in [-0.15, -0.1) is 0 Å². The van der Waals surface area contributed by atoms with Crippen LogP contribution in [0.5, 0.6) is 5.75 Å². The Morgan fingerprint density at radius 2 is 1.81 bits per heavy atom. The highest BCUT2D eigenvalue weighted by Crippen LogP contribution is 2.35. The lowest BCUT2D eigenvalue weighted by molar-refractivity contribution is 0.0986. The minimum absolute atomic E-state index is 0.202. The zero-order chi connectivity index (χ0) is 26.6. The number of carbonyl (C=O) groups is 1. The van der Waals surface area contributed by atoms with Crippen LogP contribution in [0.25, 0.3) is 10.2 Å². The van der Waals surface area contributed by atoms with Gasteiger partial charge in [0.25, 0.3) is 5.91 Å². The molecule has 2 aromatic carbocycles. The van der Waals surface area contributed by atoms with Gasteiger partial charge in [-0.3, -0.25) is 9.69 Å². The normalized spacial score (nSPS) is 15.4. The van der Waals surface area contributed by atoms with E-state index in [1.54, 1.807) is 33.5 Å². The summed E-state index contributed by atoms with van der Waals surface area (Å²) in [5.74, 6) is 1.04. The first-order valence-electron chi connectivity index (χ1n) is 12.8. The molecule has 3 aromatic rings. The van der Waals surface area contributed by atoms with Gasteiger partial charge in [0, 0.05) is 25.2 Å². The number of para-hydroxylation sites is 1. The maximum absolute atomic E-state index is 13.7. The van der Waals surface area contributed by atoms with Crippen LogP contribution in [0.15, 0.2) is 47.4 Å². The summed E-state index contributed by atoms with van der Waals surface area (Å²) >= 11 is 1.45. The maximum atomic E-state index is 13.7. The van der Waals surface area contributed by atoms with E-state index < -0.39 is 10.0 Å². The highest BCUT2D eigenvalue weighted by atomic mass is 32.2. The van der Waals surface area contributed by atoms with E-state index in [0.717, 1.165) is 36.0 Å². The number of ether oxygens (including phenoxy) is 1. The second-order valence-corrected chi connectivity index (χ2v) is 12.7. The van der Waals surface area contributed by atoms with E-state index in [0.29, 0.717) is 48.6 Å². The number of thiazole rings is 1. The van der Waals surface area contributed by atoms with Gasteiger partial charge >= 0.3 is 0 Å². The summed E-state index contributed by atoms with van der Waals surface area (Å²) in [7, 11) is 0.428. The van der Waals surface area contributed by atoms with Gasteiger partial charge in [-0.2, -0.15) is 4.31 Å². The lowest BCUT2D eigenvalue weighted by Gasteiger charge is -2.29. The number of fused-ring (bicyclic) bond motifs is 1. The van der Waals surface area contributed by atoms with E-state index >= 15 is 0 Å². The minimum Gasteiger partial charge on any atom is -0.492 e. The van der Waals surface area contributed by atoms with Crippen LogP contribution in [-0.2, 0) is 10.0 Å². The number of rotatable bonds is 10. The lowest BCUT2D eigenvalue weighted by atomic mass is 10.0. The van der Waals surface area contributed by atoms with Crippen molar-refractivity contribution in [3.63, 3.8) is 0 Å². The average molecular weight is 545 g/mol. The Hall–Kier alpha value is -2.53. The van der Waals surface area contributed by atoms with Crippen molar-refractivity contribution >= 4 is 42.6 Å². The van der Waals surface area contributed by atoms with Crippen LogP contribution >= 0.6 is 11.3 Å². The van der Waals surface area contributed by atoms with E-state index in [1.165, 1.54) is 11.3 Å². The Kier molecular flexibility index (Phi) is 8.84. The van der Waals surface area contributed by atoms with Gasteiger partial charge in [0.15, 0.2) is 5.13 Å². The number of piperidine rings is 1. The number of hydrogen-bond acceptors (Lipinski definition) is 7. The van der Waals surface area contributed by atoms with Crippen LogP contribution in [0.2, 0.25) is 0 Å². The van der Waals surface area contributed by atoms with Crippen molar-refractivity contribution in [3.05, 3.63) is 48.0 Å². The molecule has 0 bridgehead atoms. The van der Waals surface area contributed by atoms with Crippen LogP contribution in [0.3, 0.4) is 0 Å². The van der Waals surface area contributed by atoms with Gasteiger partial charge in [0.1, 0.15) is 11.3 Å². The van der Waals surface area contributed by atoms with Crippen molar-refractivity contribution in [1.29, 1.82) is 0 Å². The molecule has 8 nitrogen and oxygen atoms in total. The summed E-state index contributed by atoms with van der Waals surface area (Å²) in [6.45, 7) is 6.99. The predicted octanol–water partition coefficient (Wildman–Crippen LogP) is 4.71. The molecule has 4 rings (SSSR count). The third-order valence-electron chi connectivity index (χ3n) is 6.62. The van der Waals surface area contributed by atoms with Crippen molar-refractivity contribution in [3.8, 4) is 5.75 Å². The van der Waals surface area contributed by atoms with E-state index in [4.69, 9.17) is 9.72 Å². The predicted molar refractivity (Wildman–Crippen MR) is 149 cm³/mol. The molecule has 0 radical (unpaired) electrons. The third-order valence-corrected chi connectivity index (χ3v) is 9.57. The molecule has 0 saturated carbocycles. The fourth-order valence-electron chi connectivity index (χ4n) is 4.43. The van der Waals surface area contributed by atoms with Crippen LogP contribution in [-0.4, -0.2) is 75.4 Å². The van der Waals surface area contributed by atoms with Gasteiger partial charge in [-0.05, 0) is 89.1 Å². The Morgan fingerprint density at radius 1 is 1.11 bits per heavy atom. The van der Waals surface area contributed by atoms with Gasteiger partial charge in [0.2, 0.25) is 10.0 Å². The molecular formula is C27H36N4O4S2. The summed E-state index contributed by atoms with van der Waals surface area (Å²) < 4.78 is 34.5. The number of sulfonamides is 1. The van der Waals surface area contributed by atoms with Crippen molar-refractivity contribution in [2.45, 2.75) is 38.0 Å². The number of amides is 1. The SMILES string of the molecule is CCOc1cccc2sc(N(CCCN(C)C)C(=O)c3ccc(S(=O)(=O)N4CCC(C)CC4)cc3)nc12. The zero-order valence-electron chi connectivity index (χ0n) is 22.0. The Labute approximate surface area is 223 Å². The molecule has 1 amide bonds. The van der Waals surface area contributed by atoms with Gasteiger partial charge in [0.05, 0.1) is 16.2 Å². The summed E-state index contributed by atoms with van der Waals surface area (Å²) in [6.07, 6.45) is 2.50. The minimum atomic E-state index is -3.57. The molecule has 1 aromatic heterocycles. The van der Waals surface area contributed by atoms with Crippen molar-refractivity contribution < 1.29 is 17.9 Å². The molecule has 1 fully saturated rings. The molecule has 2 heterocycles. The molecule has 1 saturated heterocycles. The molecule has 0 aliphatic carbocycles. The molecule has 10 heteroatoms. The summed E-state index contributed by atoms with van der Waals surface area (Å²) in [6, 6.07) is 12.1. The van der Waals surface area contributed by atoms with Gasteiger partial charge in [-0.1, -0.05) is 24.3 Å². The molecular weight excluding hydrogens is 508 g/mol. The topological polar surface area (TPSA) is 83.0 Å². The first-order chi connectivity index (χ1) is 17.7. The summed E-state index contributed by atoms with van der Waals surface area (Å²) in [4.78, 5) is 22.5. The second-order valence-electron chi connectivity index (χ2n) is 9.76. The molecule has 0 atom stereocenters. The fourth-order valence-corrected chi connectivity index (χ4v) is 6.90. The van der Waals surface area contributed by atoms with E-state index in [-0.39, 0.29) is 10.8 Å². The zero-order valence-corrected chi connectivity index (χ0v) is 23.6. The number of nitrogens with zero attached hydrogens (tertiary/aromatic N) is 4. The largest absolute Gasteiger partial charge is 0.492 e. The van der Waals surface area contributed by atoms with Crippen LogP contribution in [0, 0.1) is 5.92 Å². The Bertz CT molecular complexity index is 1310. The molecule has 37 heavy (non-hydrogen) atoms. The highest BCUT2D eigenvalue weighted by Gasteiger charge is 2.29. The van der Waals surface area contributed by atoms with Crippen molar-refractivity contribution in [2.24, 2.45) is 5.92 Å². The van der Waals surface area contributed by atoms with Crippen LogP contribution < -0.4 is 9.64 Å². The van der Waals surface area contributed by atoms with Gasteiger partial charge in [-0.25, -0.2) is 13.4 Å². The lowest BCUT2D eigenvalue weighted by Crippen LogP contribution is -2.38. The molecule has 0 spiro atoms. The number of hydrogen-bond donors (Lipinski definition) is 0. The molecule has 0 unspecified atom stereocenters. The molecule has 1 aliphatic rings. The Morgan fingerprint density at radius 3 is 2.46 bits per heavy atom. The maximum Gasteiger partial charge on any atom is 0.260 e. The quantitative estimate of drug-likeness (QED) is 0.368. The van der Waals surface area contributed by atoms with Gasteiger partial charge < -0.3 is 9.64 Å². The number of benzene rings is 2. The third kappa shape index (κ3) is 6.31. The van der Waals surface area contributed by atoms with E-state index in [2.05, 4.69) is 11.8 Å². The van der Waals surface area contributed by atoms with Crippen molar-refractivity contribution in [1.82, 2.24) is 14.2 Å². The summed E-state index contributed by atoms with van der Waals surface area (Å²) in [5, 5.41) is 0.602. The fraction of sp³-hybridized carbons (Fsp3) is 0.481. The first-order valence-corrected chi connectivity index (χ1v) is 15.1. The van der Waals surface area contributed by atoms with Crippen molar-refractivity contribution in [2.75, 3.05) is 51.8 Å². The number of anilines is 1. The average Bonchev–Trinajstić information content (AvgIpc) is 3.32. The smallest absolute Gasteiger partial charge is 0.260 e. The first kappa shape index (κ1) is 27.5.